The topological polar surface area (TPSA) is 66.6 Å². The monoisotopic (exact) mass is 348 g/mol. The van der Waals surface area contributed by atoms with Crippen LogP contribution in [0.4, 0.5) is 0 Å². The molecule has 1 aromatic rings. The van der Waals surface area contributed by atoms with E-state index >= 15 is 0 Å². The lowest BCUT2D eigenvalue weighted by molar-refractivity contribution is -0.119. The Balaban J connectivity index is 1.58. The van der Waals surface area contributed by atoms with Gasteiger partial charge in [0.15, 0.2) is 0 Å². The molecule has 1 amide bonds. The van der Waals surface area contributed by atoms with Crippen LogP contribution in [-0.2, 0) is 9.53 Å². The summed E-state index contributed by atoms with van der Waals surface area (Å²) in [6.45, 7) is 4.68. The van der Waals surface area contributed by atoms with Gasteiger partial charge in [-0.15, -0.1) is 0 Å². The number of carbonyl (C=O) groups is 1. The van der Waals surface area contributed by atoms with Gasteiger partial charge < -0.3 is 9.64 Å². The molecule has 1 saturated heterocycles. The smallest absolute Gasteiger partial charge is 0.264 e. The number of hydrogen-bond acceptors (Lipinski definition) is 5. The second kappa shape index (κ2) is 7.17. The van der Waals surface area contributed by atoms with Crippen LogP contribution < -0.4 is 0 Å². The molecule has 4 rings (SSSR count). The first kappa shape index (κ1) is 16.6. The maximum absolute atomic E-state index is 12.7. The third-order valence-electron chi connectivity index (χ3n) is 4.67. The van der Waals surface area contributed by atoms with Crippen LogP contribution >= 0.6 is 0 Å². The van der Waals surface area contributed by atoms with Gasteiger partial charge in [0.2, 0.25) is 5.96 Å². The summed E-state index contributed by atoms with van der Waals surface area (Å²) in [7, 11) is 0. The van der Waals surface area contributed by atoms with E-state index in [1.807, 2.05) is 35.3 Å². The largest absolute Gasteiger partial charge is 0.378 e. The van der Waals surface area contributed by atoms with Gasteiger partial charge in [0.25, 0.3) is 5.91 Å². The number of amides is 1. The molecule has 6 heteroatoms. The number of amidine groups is 1. The highest BCUT2D eigenvalue weighted by Gasteiger charge is 2.34. The highest BCUT2D eigenvalue weighted by atomic mass is 16.5. The highest BCUT2D eigenvalue weighted by Crippen LogP contribution is 2.25. The maximum atomic E-state index is 12.7. The molecular formula is C20H20N4O2. The molecule has 1 atom stereocenters. The van der Waals surface area contributed by atoms with E-state index in [0.29, 0.717) is 38.1 Å². The molecule has 26 heavy (non-hydrogen) atoms. The van der Waals surface area contributed by atoms with E-state index in [-0.39, 0.29) is 5.91 Å². The van der Waals surface area contributed by atoms with E-state index < -0.39 is 5.92 Å². The third-order valence-corrected chi connectivity index (χ3v) is 4.67. The number of ether oxygens (including phenoxy) is 1. The lowest BCUT2D eigenvalue weighted by atomic mass is 9.93. The number of allylic oxidation sites excluding steroid dienone is 2. The minimum Gasteiger partial charge on any atom is -0.378 e. The van der Waals surface area contributed by atoms with Crippen molar-refractivity contribution in [2.24, 2.45) is 20.9 Å². The fraction of sp³-hybridized carbons (Fsp3) is 0.300. The summed E-state index contributed by atoms with van der Waals surface area (Å²) in [4.78, 5) is 27.8. The van der Waals surface area contributed by atoms with Crippen LogP contribution in [0, 0.1) is 12.8 Å². The molecule has 0 radical (unpaired) electrons. The maximum Gasteiger partial charge on any atom is 0.264 e. The van der Waals surface area contributed by atoms with Crippen LogP contribution in [0.3, 0.4) is 0 Å². The number of aliphatic imine (C=N–C) groups is 3. The van der Waals surface area contributed by atoms with Gasteiger partial charge in [-0.25, -0.2) is 4.99 Å². The molecule has 3 heterocycles. The minimum absolute atomic E-state index is 0.214. The third kappa shape index (κ3) is 3.28. The zero-order valence-corrected chi connectivity index (χ0v) is 14.6. The van der Waals surface area contributed by atoms with Crippen LogP contribution in [-0.4, -0.2) is 55.1 Å². The predicted molar refractivity (Wildman–Crippen MR) is 103 cm³/mol. The van der Waals surface area contributed by atoms with Crippen LogP contribution in [0.15, 0.2) is 57.0 Å². The van der Waals surface area contributed by atoms with Crippen LogP contribution in [0.5, 0.6) is 0 Å². The van der Waals surface area contributed by atoms with E-state index in [1.54, 1.807) is 6.21 Å². The summed E-state index contributed by atoms with van der Waals surface area (Å²) in [5.74, 6) is 0.225. The van der Waals surface area contributed by atoms with E-state index in [2.05, 4.69) is 34.0 Å². The molecule has 1 fully saturated rings. The second-order valence-corrected chi connectivity index (χ2v) is 6.39. The molecule has 0 spiro atoms. The number of carbonyl (C=O) groups excluding carboxylic acids is 1. The number of benzene rings is 1. The van der Waals surface area contributed by atoms with Crippen LogP contribution in [0.1, 0.15) is 11.1 Å². The molecule has 0 N–H and O–H groups in total. The second-order valence-electron chi connectivity index (χ2n) is 6.39. The summed E-state index contributed by atoms with van der Waals surface area (Å²) in [6.07, 6.45) is 7.53. The first-order valence-corrected chi connectivity index (χ1v) is 8.74. The molecular weight excluding hydrogens is 328 g/mol. The van der Waals surface area contributed by atoms with Gasteiger partial charge in [0, 0.05) is 19.3 Å². The van der Waals surface area contributed by atoms with Crippen molar-refractivity contribution in [2.75, 3.05) is 26.3 Å². The Morgan fingerprint density at radius 1 is 1.15 bits per heavy atom. The summed E-state index contributed by atoms with van der Waals surface area (Å²) in [5, 5.41) is 0. The lowest BCUT2D eigenvalue weighted by Crippen LogP contribution is -2.43. The zero-order valence-electron chi connectivity index (χ0n) is 14.6. The standard InChI is InChI=1S/C20H20N4O2/c1-14-4-2-3-5-15(14)6-7-16-8-9-21-18-17(16)19(25)23-20(22-18)24-10-12-26-13-11-24/h2-9,17H,10-13H2,1H3/b7-6+. The first-order chi connectivity index (χ1) is 12.7. The molecule has 1 unspecified atom stereocenters. The first-order valence-electron chi connectivity index (χ1n) is 8.74. The number of guanidine groups is 1. The fourth-order valence-corrected chi connectivity index (χ4v) is 3.17. The Kier molecular flexibility index (Phi) is 4.58. The summed E-state index contributed by atoms with van der Waals surface area (Å²) in [5.41, 5.74) is 3.16. The van der Waals surface area contributed by atoms with Gasteiger partial charge in [-0.3, -0.25) is 4.79 Å². The van der Waals surface area contributed by atoms with E-state index in [1.165, 1.54) is 5.56 Å². The molecule has 3 aliphatic rings. The van der Waals surface area contributed by atoms with Gasteiger partial charge >= 0.3 is 0 Å². The molecule has 132 valence electrons. The Morgan fingerprint density at radius 3 is 2.77 bits per heavy atom. The number of aryl methyl sites for hydroxylation is 1. The Bertz CT molecular complexity index is 874. The van der Waals surface area contributed by atoms with E-state index in [0.717, 1.165) is 11.1 Å². The minimum atomic E-state index is -0.523. The van der Waals surface area contributed by atoms with Crippen molar-refractivity contribution >= 4 is 30.0 Å². The van der Waals surface area contributed by atoms with Crippen molar-refractivity contribution in [1.82, 2.24) is 4.90 Å². The van der Waals surface area contributed by atoms with Gasteiger partial charge in [-0.2, -0.15) is 9.98 Å². The van der Waals surface area contributed by atoms with Crippen LogP contribution in [0.25, 0.3) is 6.08 Å². The Labute approximate surface area is 152 Å². The lowest BCUT2D eigenvalue weighted by Gasteiger charge is -2.30. The number of morpholine rings is 1. The molecule has 0 aliphatic carbocycles. The molecule has 1 aromatic carbocycles. The van der Waals surface area contributed by atoms with Gasteiger partial charge in [0.05, 0.1) is 13.2 Å². The van der Waals surface area contributed by atoms with Gasteiger partial charge in [0.1, 0.15) is 11.8 Å². The quantitative estimate of drug-likeness (QED) is 0.823. The van der Waals surface area contributed by atoms with Crippen molar-refractivity contribution in [3.05, 3.63) is 53.1 Å². The predicted octanol–water partition coefficient (Wildman–Crippen LogP) is 2.26. The van der Waals surface area contributed by atoms with E-state index in [4.69, 9.17) is 4.74 Å². The van der Waals surface area contributed by atoms with Crippen molar-refractivity contribution in [3.8, 4) is 0 Å². The SMILES string of the molecule is Cc1ccccc1/C=C/C1=CC=NC2=NC(N3CCOCC3)=NC(=O)C12. The molecule has 0 saturated carbocycles. The van der Waals surface area contributed by atoms with Crippen LogP contribution in [0.2, 0.25) is 0 Å². The summed E-state index contributed by atoms with van der Waals surface area (Å²) in [6, 6.07) is 8.13. The Morgan fingerprint density at radius 2 is 1.96 bits per heavy atom. The van der Waals surface area contributed by atoms with Gasteiger partial charge in [-0.1, -0.05) is 36.4 Å². The molecule has 3 aliphatic heterocycles. The normalized spacial score (nSPS) is 22.8. The molecule has 0 aromatic heterocycles. The number of dihydropyridines is 1. The van der Waals surface area contributed by atoms with Crippen molar-refractivity contribution in [2.45, 2.75) is 6.92 Å². The zero-order chi connectivity index (χ0) is 17.9. The average molecular weight is 348 g/mol. The average Bonchev–Trinajstić information content (AvgIpc) is 2.68. The van der Waals surface area contributed by atoms with Crippen molar-refractivity contribution in [1.29, 1.82) is 0 Å². The summed E-state index contributed by atoms with van der Waals surface area (Å²) < 4.78 is 5.35. The molecule has 0 bridgehead atoms. The molecule has 6 nitrogen and oxygen atoms in total. The number of nitrogens with zero attached hydrogens (tertiary/aromatic N) is 4. The van der Waals surface area contributed by atoms with E-state index in [9.17, 15) is 4.79 Å². The van der Waals surface area contributed by atoms with Gasteiger partial charge in [-0.05, 0) is 29.7 Å². The Hall–Kier alpha value is -2.86. The summed E-state index contributed by atoms with van der Waals surface area (Å²) >= 11 is 0. The number of hydrogen-bond donors (Lipinski definition) is 0. The van der Waals surface area contributed by atoms with Crippen molar-refractivity contribution in [3.63, 3.8) is 0 Å². The van der Waals surface area contributed by atoms with Crippen molar-refractivity contribution < 1.29 is 9.53 Å². The number of fused-ring (bicyclic) bond motifs is 1. The fourth-order valence-electron chi connectivity index (χ4n) is 3.17. The highest BCUT2D eigenvalue weighted by molar-refractivity contribution is 6.20. The number of rotatable bonds is 2.